The van der Waals surface area contributed by atoms with Gasteiger partial charge in [0.25, 0.3) is 0 Å². The highest BCUT2D eigenvalue weighted by atomic mass is 35.5. The fraction of sp³-hybridized carbons (Fsp3) is 0.167. The molecule has 0 radical (unpaired) electrons. The van der Waals surface area contributed by atoms with Crippen molar-refractivity contribution in [1.29, 1.82) is 0 Å². The van der Waals surface area contributed by atoms with Crippen LogP contribution in [0.15, 0.2) is 53.8 Å². The van der Waals surface area contributed by atoms with Crippen LogP contribution in [0.25, 0.3) is 11.0 Å². The molecule has 24 heavy (non-hydrogen) atoms. The minimum atomic E-state index is -0.0300. The number of fused-ring (bicyclic) bond motifs is 4. The van der Waals surface area contributed by atoms with E-state index < -0.39 is 0 Å². The van der Waals surface area contributed by atoms with E-state index in [1.807, 2.05) is 30.3 Å². The van der Waals surface area contributed by atoms with Gasteiger partial charge in [-0.25, -0.2) is 0 Å². The minimum absolute atomic E-state index is 0.0300. The summed E-state index contributed by atoms with van der Waals surface area (Å²) in [6.45, 7) is 1.68. The van der Waals surface area contributed by atoms with E-state index in [2.05, 4.69) is 26.3 Å². The number of amidine groups is 1. The first kappa shape index (κ1) is 13.7. The molecule has 3 heterocycles. The molecule has 6 heteroatoms. The Labute approximate surface area is 144 Å². The van der Waals surface area contributed by atoms with Gasteiger partial charge in [0.1, 0.15) is 12.0 Å². The maximum absolute atomic E-state index is 6.19. The smallest absolute Gasteiger partial charge is 0.135 e. The van der Waals surface area contributed by atoms with Crippen LogP contribution in [0.5, 0.6) is 0 Å². The number of nitrogens with zero attached hydrogens (tertiary/aromatic N) is 4. The molecule has 0 saturated heterocycles. The summed E-state index contributed by atoms with van der Waals surface area (Å²) in [5.74, 6) is 1.02. The Morgan fingerprint density at radius 3 is 3.00 bits per heavy atom. The van der Waals surface area contributed by atoms with Gasteiger partial charge in [-0.3, -0.25) is 15.0 Å². The molecule has 1 N–H and O–H groups in total. The Morgan fingerprint density at radius 1 is 1.12 bits per heavy atom. The molecule has 5 nitrogen and oxygen atoms in total. The van der Waals surface area contributed by atoms with Gasteiger partial charge in [0.15, 0.2) is 0 Å². The fourth-order valence-electron chi connectivity index (χ4n) is 3.49. The lowest BCUT2D eigenvalue weighted by Crippen LogP contribution is -2.41. The number of nitrogens with one attached hydrogen (secondary N) is 1. The molecular weight excluding hydrogens is 322 g/mol. The quantitative estimate of drug-likeness (QED) is 0.740. The number of benzene rings is 2. The predicted molar refractivity (Wildman–Crippen MR) is 95.5 cm³/mol. The first-order chi connectivity index (χ1) is 11.8. The molecule has 3 aromatic rings. The first-order valence-electron chi connectivity index (χ1n) is 7.88. The van der Waals surface area contributed by atoms with Crippen molar-refractivity contribution in [2.24, 2.45) is 4.99 Å². The van der Waals surface area contributed by atoms with E-state index in [1.165, 1.54) is 0 Å². The molecule has 0 fully saturated rings. The Bertz CT molecular complexity index is 979. The summed E-state index contributed by atoms with van der Waals surface area (Å²) in [7, 11) is 0. The summed E-state index contributed by atoms with van der Waals surface area (Å²) in [6.07, 6.45) is 3.43. The average Bonchev–Trinajstić information content (AvgIpc) is 3.10. The fourth-order valence-corrected chi connectivity index (χ4v) is 3.66. The minimum Gasteiger partial charge on any atom is -0.361 e. The Balaban J connectivity index is 1.70. The molecule has 0 amide bonds. The van der Waals surface area contributed by atoms with E-state index in [-0.39, 0.29) is 6.17 Å². The summed E-state index contributed by atoms with van der Waals surface area (Å²) in [5, 5.41) is 4.32. The third-order valence-electron chi connectivity index (χ3n) is 4.53. The van der Waals surface area contributed by atoms with Gasteiger partial charge in [-0.15, -0.1) is 0 Å². The summed E-state index contributed by atoms with van der Waals surface area (Å²) >= 11 is 6.19. The van der Waals surface area contributed by atoms with E-state index in [0.717, 1.165) is 46.8 Å². The summed E-state index contributed by atoms with van der Waals surface area (Å²) in [5.41, 5.74) is 5.01. The second kappa shape index (κ2) is 5.18. The van der Waals surface area contributed by atoms with Crippen molar-refractivity contribution in [2.45, 2.75) is 6.17 Å². The topological polar surface area (TPSA) is 53.4 Å². The SMILES string of the molecule is Clc1ccc2c(c1)NC(c1cccc3nccnc13)N1CCN=C21. The van der Waals surface area contributed by atoms with Gasteiger partial charge < -0.3 is 10.2 Å². The van der Waals surface area contributed by atoms with E-state index in [1.54, 1.807) is 12.4 Å². The molecule has 0 spiro atoms. The predicted octanol–water partition coefficient (Wildman–Crippen LogP) is 3.47. The molecule has 0 saturated carbocycles. The highest BCUT2D eigenvalue weighted by Crippen LogP contribution is 2.37. The van der Waals surface area contributed by atoms with Crippen molar-refractivity contribution in [3.63, 3.8) is 0 Å². The van der Waals surface area contributed by atoms with Crippen LogP contribution in [0.4, 0.5) is 5.69 Å². The zero-order valence-electron chi connectivity index (χ0n) is 12.8. The summed E-state index contributed by atoms with van der Waals surface area (Å²) < 4.78 is 0. The van der Waals surface area contributed by atoms with Crippen LogP contribution in [-0.4, -0.2) is 33.8 Å². The molecule has 118 valence electrons. The van der Waals surface area contributed by atoms with Gasteiger partial charge in [0.2, 0.25) is 0 Å². The van der Waals surface area contributed by atoms with Crippen LogP contribution < -0.4 is 5.32 Å². The van der Waals surface area contributed by atoms with Crippen LogP contribution in [0, 0.1) is 0 Å². The van der Waals surface area contributed by atoms with Crippen molar-refractivity contribution in [1.82, 2.24) is 14.9 Å². The largest absolute Gasteiger partial charge is 0.361 e. The number of anilines is 1. The number of hydrogen-bond donors (Lipinski definition) is 1. The molecule has 2 aromatic carbocycles. The second-order valence-electron chi connectivity index (χ2n) is 5.91. The first-order valence-corrected chi connectivity index (χ1v) is 8.26. The van der Waals surface area contributed by atoms with E-state index in [0.29, 0.717) is 5.02 Å². The van der Waals surface area contributed by atoms with E-state index in [9.17, 15) is 0 Å². The molecule has 1 aromatic heterocycles. The molecule has 1 unspecified atom stereocenters. The Kier molecular flexibility index (Phi) is 2.97. The molecule has 1 atom stereocenters. The summed E-state index contributed by atoms with van der Waals surface area (Å²) in [4.78, 5) is 16.0. The number of aliphatic imine (C=N–C) groups is 1. The highest BCUT2D eigenvalue weighted by Gasteiger charge is 2.34. The number of halogens is 1. The molecule has 5 rings (SSSR count). The van der Waals surface area contributed by atoms with Crippen molar-refractivity contribution < 1.29 is 0 Å². The van der Waals surface area contributed by atoms with Crippen LogP contribution in [0.3, 0.4) is 0 Å². The Morgan fingerprint density at radius 2 is 2.04 bits per heavy atom. The van der Waals surface area contributed by atoms with Gasteiger partial charge in [0.05, 0.1) is 17.6 Å². The van der Waals surface area contributed by atoms with Crippen LogP contribution in [-0.2, 0) is 0 Å². The Hall–Kier alpha value is -2.66. The average molecular weight is 336 g/mol. The molecule has 2 aliphatic rings. The highest BCUT2D eigenvalue weighted by molar-refractivity contribution is 6.31. The van der Waals surface area contributed by atoms with Crippen LogP contribution >= 0.6 is 11.6 Å². The normalized spacial score (nSPS) is 18.8. The monoisotopic (exact) mass is 335 g/mol. The van der Waals surface area contributed by atoms with E-state index in [4.69, 9.17) is 16.6 Å². The zero-order chi connectivity index (χ0) is 16.1. The molecule has 0 bridgehead atoms. The standard InChI is InChI=1S/C18H14ClN5/c19-11-4-5-12-15(10-11)23-18(24-9-8-22-17(12)24)13-2-1-3-14-16(13)21-7-6-20-14/h1-7,10,18,23H,8-9H2. The second-order valence-corrected chi connectivity index (χ2v) is 6.34. The number of aromatic nitrogens is 2. The lowest BCUT2D eigenvalue weighted by Gasteiger charge is -2.38. The molecule has 0 aliphatic carbocycles. The van der Waals surface area contributed by atoms with Crippen molar-refractivity contribution in [3.05, 3.63) is 64.9 Å². The molecular formula is C18H14ClN5. The van der Waals surface area contributed by atoms with Gasteiger partial charge in [-0.1, -0.05) is 23.7 Å². The third kappa shape index (κ3) is 1.98. The number of hydrogen-bond acceptors (Lipinski definition) is 5. The number of rotatable bonds is 1. The van der Waals surface area contributed by atoms with Crippen LogP contribution in [0.2, 0.25) is 5.02 Å². The van der Waals surface area contributed by atoms with Crippen LogP contribution in [0.1, 0.15) is 17.3 Å². The number of para-hydroxylation sites is 1. The van der Waals surface area contributed by atoms with E-state index >= 15 is 0 Å². The lowest BCUT2D eigenvalue weighted by molar-refractivity contribution is 0.372. The van der Waals surface area contributed by atoms with Gasteiger partial charge in [-0.05, 0) is 24.3 Å². The maximum atomic E-state index is 6.19. The lowest BCUT2D eigenvalue weighted by atomic mass is 10.0. The third-order valence-corrected chi connectivity index (χ3v) is 4.76. The van der Waals surface area contributed by atoms with Crippen molar-refractivity contribution in [3.8, 4) is 0 Å². The maximum Gasteiger partial charge on any atom is 0.135 e. The van der Waals surface area contributed by atoms with Crippen molar-refractivity contribution in [2.75, 3.05) is 18.4 Å². The van der Waals surface area contributed by atoms with Gasteiger partial charge in [-0.2, -0.15) is 0 Å². The van der Waals surface area contributed by atoms with Gasteiger partial charge >= 0.3 is 0 Å². The molecule has 2 aliphatic heterocycles. The van der Waals surface area contributed by atoms with Gasteiger partial charge in [0, 0.05) is 40.8 Å². The zero-order valence-corrected chi connectivity index (χ0v) is 13.5. The van der Waals surface area contributed by atoms with Crippen molar-refractivity contribution >= 4 is 34.2 Å². The summed E-state index contributed by atoms with van der Waals surface area (Å²) in [6, 6.07) is 12.0.